The lowest BCUT2D eigenvalue weighted by molar-refractivity contribution is -0.117. The molecule has 9 heteroatoms. The molecule has 0 saturated heterocycles. The van der Waals surface area contributed by atoms with E-state index in [1.165, 1.54) is 0 Å². The van der Waals surface area contributed by atoms with E-state index in [0.29, 0.717) is 17.3 Å². The maximum Gasteiger partial charge on any atom is 0.325 e. The minimum atomic E-state index is -0.593. The molecule has 2 heterocycles. The number of H-pyrrole nitrogens is 1. The largest absolute Gasteiger partial charge is 0.410 e. The number of aromatic nitrogens is 3. The summed E-state index contributed by atoms with van der Waals surface area (Å²) < 4.78 is 5.41. The molecule has 0 spiro atoms. The molecule has 0 fully saturated rings. The van der Waals surface area contributed by atoms with Crippen LogP contribution >= 0.6 is 11.8 Å². The standard InChI is InChI=1S/C15H13N5O3S/c21-12(18-14(22)17-10-5-2-1-3-6-10)9-24-15-20-19-13(23-15)11-7-4-8-16-11/h1-8,16H,9H2,(H2,17,18,21,22). The molecule has 0 atom stereocenters. The van der Waals surface area contributed by atoms with Crippen LogP contribution in [0.2, 0.25) is 0 Å². The molecular weight excluding hydrogens is 330 g/mol. The zero-order valence-corrected chi connectivity index (χ0v) is 13.2. The van der Waals surface area contributed by atoms with Gasteiger partial charge >= 0.3 is 6.03 Å². The lowest BCUT2D eigenvalue weighted by atomic mass is 10.3. The third-order valence-electron chi connectivity index (χ3n) is 2.85. The third-order valence-corrected chi connectivity index (χ3v) is 3.66. The monoisotopic (exact) mass is 343 g/mol. The number of nitrogens with one attached hydrogen (secondary N) is 3. The SMILES string of the molecule is O=C(CSc1nnc(-c2ccc[nH]2)o1)NC(=O)Nc1ccccc1. The van der Waals surface area contributed by atoms with Crippen molar-refractivity contribution in [1.29, 1.82) is 0 Å². The van der Waals surface area contributed by atoms with Crippen molar-refractivity contribution in [3.8, 4) is 11.6 Å². The van der Waals surface area contributed by atoms with Crippen molar-refractivity contribution in [2.75, 3.05) is 11.1 Å². The van der Waals surface area contributed by atoms with Gasteiger partial charge in [0.2, 0.25) is 5.91 Å². The lowest BCUT2D eigenvalue weighted by Gasteiger charge is -2.05. The Hall–Kier alpha value is -3.07. The number of benzene rings is 1. The zero-order chi connectivity index (χ0) is 16.8. The number of hydrogen-bond acceptors (Lipinski definition) is 6. The van der Waals surface area contributed by atoms with Crippen LogP contribution in [0, 0.1) is 0 Å². The first-order valence-corrected chi connectivity index (χ1v) is 7.95. The van der Waals surface area contributed by atoms with Crippen molar-refractivity contribution >= 4 is 29.4 Å². The van der Waals surface area contributed by atoms with Gasteiger partial charge in [0.15, 0.2) is 0 Å². The molecule has 2 aromatic heterocycles. The molecule has 0 radical (unpaired) electrons. The second-order valence-corrected chi connectivity index (χ2v) is 5.54. The quantitative estimate of drug-likeness (QED) is 0.614. The van der Waals surface area contributed by atoms with Gasteiger partial charge in [-0.05, 0) is 24.3 Å². The molecule has 122 valence electrons. The summed E-state index contributed by atoms with van der Waals surface area (Å²) in [5.41, 5.74) is 1.30. The maximum absolute atomic E-state index is 11.8. The van der Waals surface area contributed by atoms with Gasteiger partial charge in [0.1, 0.15) is 5.69 Å². The summed E-state index contributed by atoms with van der Waals surface area (Å²) >= 11 is 1.05. The van der Waals surface area contributed by atoms with Crippen LogP contribution in [-0.4, -0.2) is 32.9 Å². The van der Waals surface area contributed by atoms with Gasteiger partial charge in [-0.1, -0.05) is 30.0 Å². The van der Waals surface area contributed by atoms with Gasteiger partial charge in [-0.25, -0.2) is 4.79 Å². The van der Waals surface area contributed by atoms with E-state index in [-0.39, 0.29) is 11.0 Å². The van der Waals surface area contributed by atoms with E-state index in [1.807, 2.05) is 12.1 Å². The molecule has 3 N–H and O–H groups in total. The van der Waals surface area contributed by atoms with E-state index >= 15 is 0 Å². The minimum Gasteiger partial charge on any atom is -0.410 e. The molecule has 3 aromatic rings. The normalized spacial score (nSPS) is 10.3. The molecule has 0 aliphatic heterocycles. The smallest absolute Gasteiger partial charge is 0.325 e. The molecule has 1 aromatic carbocycles. The highest BCUT2D eigenvalue weighted by Gasteiger charge is 2.13. The molecule has 3 rings (SSSR count). The summed E-state index contributed by atoms with van der Waals surface area (Å²) in [6, 6.07) is 11.8. The van der Waals surface area contributed by atoms with Crippen molar-refractivity contribution in [2.24, 2.45) is 0 Å². The average molecular weight is 343 g/mol. The molecule has 0 saturated carbocycles. The van der Waals surface area contributed by atoms with Crippen LogP contribution < -0.4 is 10.6 Å². The Labute approximate surface area is 141 Å². The second-order valence-electron chi connectivity index (χ2n) is 4.61. The number of amides is 3. The first kappa shape index (κ1) is 15.8. The van der Waals surface area contributed by atoms with Crippen LogP contribution in [0.25, 0.3) is 11.6 Å². The van der Waals surface area contributed by atoms with Gasteiger partial charge < -0.3 is 14.7 Å². The van der Waals surface area contributed by atoms with Crippen molar-refractivity contribution < 1.29 is 14.0 Å². The van der Waals surface area contributed by atoms with Gasteiger partial charge in [0.25, 0.3) is 11.1 Å². The van der Waals surface area contributed by atoms with Crippen LogP contribution in [-0.2, 0) is 4.79 Å². The summed E-state index contributed by atoms with van der Waals surface area (Å²) in [5, 5.41) is 12.7. The van der Waals surface area contributed by atoms with Crippen LogP contribution in [0.3, 0.4) is 0 Å². The number of nitrogens with zero attached hydrogens (tertiary/aromatic N) is 2. The number of aromatic amines is 1. The van der Waals surface area contributed by atoms with Gasteiger partial charge in [-0.3, -0.25) is 10.1 Å². The molecule has 0 bridgehead atoms. The predicted octanol–water partition coefficient (Wildman–Crippen LogP) is 2.51. The molecular formula is C15H13N5O3S. The fourth-order valence-electron chi connectivity index (χ4n) is 1.81. The predicted molar refractivity (Wildman–Crippen MR) is 88.4 cm³/mol. The van der Waals surface area contributed by atoms with E-state index in [1.54, 1.807) is 36.5 Å². The summed E-state index contributed by atoms with van der Waals surface area (Å²) in [5.74, 6) is -0.146. The van der Waals surface area contributed by atoms with Crippen LogP contribution in [0.4, 0.5) is 10.5 Å². The van der Waals surface area contributed by atoms with Gasteiger partial charge in [-0.2, -0.15) is 0 Å². The summed E-state index contributed by atoms with van der Waals surface area (Å²) in [4.78, 5) is 26.4. The highest BCUT2D eigenvalue weighted by atomic mass is 32.2. The Kier molecular flexibility index (Phi) is 4.92. The Morgan fingerprint density at radius 1 is 1.12 bits per heavy atom. The number of hydrogen-bond donors (Lipinski definition) is 3. The second kappa shape index (κ2) is 7.47. The minimum absolute atomic E-state index is 0.0193. The number of rotatable bonds is 5. The highest BCUT2D eigenvalue weighted by Crippen LogP contribution is 2.21. The van der Waals surface area contributed by atoms with Crippen molar-refractivity contribution in [1.82, 2.24) is 20.5 Å². The van der Waals surface area contributed by atoms with E-state index in [4.69, 9.17) is 4.42 Å². The fraction of sp³-hybridized carbons (Fsp3) is 0.0667. The molecule has 0 aliphatic carbocycles. The topological polar surface area (TPSA) is 113 Å². The number of anilines is 1. The maximum atomic E-state index is 11.8. The van der Waals surface area contributed by atoms with E-state index in [9.17, 15) is 9.59 Å². The van der Waals surface area contributed by atoms with Crippen molar-refractivity contribution in [3.05, 3.63) is 48.7 Å². The number of carbonyl (C=O) groups is 2. The first-order valence-electron chi connectivity index (χ1n) is 6.96. The summed E-state index contributed by atoms with van der Waals surface area (Å²) in [7, 11) is 0. The summed E-state index contributed by atoms with van der Waals surface area (Å²) in [6.45, 7) is 0. The summed E-state index contributed by atoms with van der Waals surface area (Å²) in [6.07, 6.45) is 1.74. The van der Waals surface area contributed by atoms with Gasteiger partial charge in [0.05, 0.1) is 5.75 Å². The van der Waals surface area contributed by atoms with E-state index < -0.39 is 11.9 Å². The number of para-hydroxylation sites is 1. The van der Waals surface area contributed by atoms with E-state index in [2.05, 4.69) is 25.8 Å². The molecule has 3 amide bonds. The Morgan fingerprint density at radius 3 is 2.71 bits per heavy atom. The Morgan fingerprint density at radius 2 is 1.96 bits per heavy atom. The lowest BCUT2D eigenvalue weighted by Crippen LogP contribution is -2.35. The Balaban J connectivity index is 1.46. The molecule has 0 unspecified atom stereocenters. The van der Waals surface area contributed by atoms with Crippen molar-refractivity contribution in [3.63, 3.8) is 0 Å². The molecule has 8 nitrogen and oxygen atoms in total. The van der Waals surface area contributed by atoms with Crippen LogP contribution in [0.1, 0.15) is 0 Å². The van der Waals surface area contributed by atoms with Crippen LogP contribution in [0.15, 0.2) is 58.3 Å². The first-order chi connectivity index (χ1) is 11.7. The Bertz CT molecular complexity index is 817. The number of imide groups is 1. The molecule has 24 heavy (non-hydrogen) atoms. The van der Waals surface area contributed by atoms with Crippen LogP contribution in [0.5, 0.6) is 0 Å². The van der Waals surface area contributed by atoms with E-state index in [0.717, 1.165) is 11.8 Å². The van der Waals surface area contributed by atoms with Crippen molar-refractivity contribution in [2.45, 2.75) is 5.22 Å². The average Bonchev–Trinajstić information content (AvgIpc) is 3.25. The van der Waals surface area contributed by atoms with Gasteiger partial charge in [-0.15, -0.1) is 10.2 Å². The number of carbonyl (C=O) groups excluding carboxylic acids is 2. The third kappa shape index (κ3) is 4.23. The number of thioether (sulfide) groups is 1. The number of urea groups is 1. The zero-order valence-electron chi connectivity index (χ0n) is 12.4. The highest BCUT2D eigenvalue weighted by molar-refractivity contribution is 7.99. The van der Waals surface area contributed by atoms with Gasteiger partial charge in [0, 0.05) is 11.9 Å². The molecule has 0 aliphatic rings. The fourth-order valence-corrected chi connectivity index (χ4v) is 2.38.